The number of benzene rings is 5. The number of carbonyl (C=O) groups is 3. The molecule has 9 rings (SSSR count). The molecule has 3 fully saturated rings. The van der Waals surface area contributed by atoms with Gasteiger partial charge in [-0.25, -0.2) is 0 Å². The Morgan fingerprint density at radius 2 is 1.08 bits per heavy atom. The average Bonchev–Trinajstić information content (AvgIpc) is 3.40. The lowest BCUT2D eigenvalue weighted by atomic mass is 9.68. The summed E-state index contributed by atoms with van der Waals surface area (Å²) in [6.45, 7) is 13.6. The Morgan fingerprint density at radius 3 is 1.66 bits per heavy atom. The first-order chi connectivity index (χ1) is 35.5. The minimum Gasteiger partial charge on any atom is -0.493 e. The largest absolute Gasteiger partial charge is 0.493 e. The van der Waals surface area contributed by atoms with Crippen LogP contribution in [0.5, 0.6) is 11.5 Å². The van der Waals surface area contributed by atoms with Crippen LogP contribution in [0.15, 0.2) is 94.7 Å². The minimum absolute atomic E-state index is 0.0686. The summed E-state index contributed by atoms with van der Waals surface area (Å²) in [5.41, 5.74) is 9.17. The fourth-order valence-electron chi connectivity index (χ4n) is 13.1. The molecular formula is C66H81NO5S. The third kappa shape index (κ3) is 12.5. The highest BCUT2D eigenvalue weighted by Gasteiger charge is 2.36. The van der Waals surface area contributed by atoms with Crippen molar-refractivity contribution in [3.8, 4) is 22.6 Å². The maximum absolute atomic E-state index is 14.5. The summed E-state index contributed by atoms with van der Waals surface area (Å²) in [5, 5.41) is 3.52. The summed E-state index contributed by atoms with van der Waals surface area (Å²) < 4.78 is 12.7. The lowest BCUT2D eigenvalue weighted by Gasteiger charge is -2.37. The molecule has 4 aliphatic rings. The van der Waals surface area contributed by atoms with Crippen LogP contribution in [0.2, 0.25) is 0 Å². The highest BCUT2D eigenvalue weighted by atomic mass is 32.2. The normalized spacial score (nSPS) is 21.8. The number of ketones is 2. The van der Waals surface area contributed by atoms with Crippen LogP contribution in [0.4, 0.5) is 11.4 Å². The van der Waals surface area contributed by atoms with Gasteiger partial charge in [-0.2, -0.15) is 0 Å². The molecule has 0 spiro atoms. The molecule has 386 valence electrons. The summed E-state index contributed by atoms with van der Waals surface area (Å²) in [6, 6.07) is 27.9. The Labute approximate surface area is 441 Å². The van der Waals surface area contributed by atoms with Gasteiger partial charge in [-0.1, -0.05) is 139 Å². The first-order valence-electron chi connectivity index (χ1n) is 28.5. The van der Waals surface area contributed by atoms with E-state index in [1.807, 2.05) is 50.2 Å². The van der Waals surface area contributed by atoms with E-state index in [0.29, 0.717) is 39.6 Å². The predicted molar refractivity (Wildman–Crippen MR) is 300 cm³/mol. The lowest BCUT2D eigenvalue weighted by Crippen LogP contribution is -2.30. The fraction of sp³-hybridized carbons (Fsp3) is 0.500. The second kappa shape index (κ2) is 24.5. The summed E-state index contributed by atoms with van der Waals surface area (Å²) in [5.74, 6) is 5.09. The van der Waals surface area contributed by atoms with Crippen LogP contribution in [0.1, 0.15) is 196 Å². The molecular weight excluding hydrogens is 919 g/mol. The number of hydrogen-bond donors (Lipinski definition) is 1. The van der Waals surface area contributed by atoms with Crippen LogP contribution < -0.4 is 14.8 Å². The summed E-state index contributed by atoms with van der Waals surface area (Å²) in [7, 11) is 0. The second-order valence-corrected chi connectivity index (χ2v) is 23.8. The molecule has 0 amide bonds. The maximum Gasteiger partial charge on any atom is 0.314 e. The standard InChI is InChI=1S/C66H81NO5S/c1-7-9-11-15-46-19-21-48(22-20-46)41-71-64-42(3)37-53(38-43(64)4)51-31-33-55(34-32-51)73-59-36-35-58(60-61(59)63(69)57-18-14-13-17-56(57)62(60)68)67-54-39-44(5)65(45(6)40-54)72-66(70)52-29-27-50(28-30-52)49-25-23-47(24-26-49)16-12-10-8-2/h13-14,17-18,31-40,46-50,52,67H,7-12,15-16,19-30,41H2,1-6H3. The van der Waals surface area contributed by atoms with Crippen molar-refractivity contribution in [1.82, 2.24) is 0 Å². The van der Waals surface area contributed by atoms with Crippen LogP contribution in [0, 0.1) is 63.2 Å². The third-order valence-electron chi connectivity index (χ3n) is 17.4. The number of carbonyl (C=O) groups excluding carboxylic acids is 3. The van der Waals surface area contributed by atoms with E-state index < -0.39 is 0 Å². The molecule has 5 aromatic rings. The van der Waals surface area contributed by atoms with Crippen LogP contribution in [-0.2, 0) is 4.79 Å². The molecule has 0 bridgehead atoms. The average molecular weight is 1000 g/mol. The SMILES string of the molecule is CCCCCC1CCC(COc2c(C)cc(-c3ccc(Sc4ccc(Nc5cc(C)c(OC(=O)C6CCC(C7CCC(CCCCC)CC7)CC6)c(C)c5)c5c4C(=O)c4ccccc4C5=O)cc3)cc2C)CC1. The van der Waals surface area contributed by atoms with E-state index in [2.05, 4.69) is 69.4 Å². The quantitative estimate of drug-likeness (QED) is 0.0492. The molecule has 5 aromatic carbocycles. The summed E-state index contributed by atoms with van der Waals surface area (Å²) in [4.78, 5) is 44.3. The Bertz CT molecular complexity index is 2690. The molecule has 0 saturated heterocycles. The number of nitrogens with one attached hydrogen (secondary N) is 1. The van der Waals surface area contributed by atoms with E-state index in [4.69, 9.17) is 9.47 Å². The smallest absolute Gasteiger partial charge is 0.314 e. The molecule has 0 atom stereocenters. The summed E-state index contributed by atoms with van der Waals surface area (Å²) in [6.07, 6.45) is 25.6. The van der Waals surface area contributed by atoms with E-state index in [1.54, 1.807) is 12.1 Å². The van der Waals surface area contributed by atoms with Gasteiger partial charge in [-0.3, -0.25) is 14.4 Å². The second-order valence-electron chi connectivity index (χ2n) is 22.7. The predicted octanol–water partition coefficient (Wildman–Crippen LogP) is 18.1. The van der Waals surface area contributed by atoms with Gasteiger partial charge < -0.3 is 14.8 Å². The molecule has 3 saturated carbocycles. The zero-order chi connectivity index (χ0) is 51.0. The number of anilines is 2. The third-order valence-corrected chi connectivity index (χ3v) is 18.4. The van der Waals surface area contributed by atoms with Gasteiger partial charge in [0.25, 0.3) is 0 Å². The Morgan fingerprint density at radius 1 is 0.562 bits per heavy atom. The number of fused-ring (bicyclic) bond motifs is 2. The summed E-state index contributed by atoms with van der Waals surface area (Å²) >= 11 is 1.50. The minimum atomic E-state index is -0.183. The van der Waals surface area contributed by atoms with E-state index in [0.717, 1.165) is 111 Å². The van der Waals surface area contributed by atoms with E-state index in [1.165, 1.54) is 114 Å². The Hall–Kier alpha value is -5.14. The van der Waals surface area contributed by atoms with Gasteiger partial charge in [-0.05, 0) is 191 Å². The van der Waals surface area contributed by atoms with Crippen molar-refractivity contribution in [3.05, 3.63) is 129 Å². The lowest BCUT2D eigenvalue weighted by molar-refractivity contribution is -0.140. The fourth-order valence-corrected chi connectivity index (χ4v) is 14.1. The number of hydrogen-bond acceptors (Lipinski definition) is 7. The monoisotopic (exact) mass is 1000 g/mol. The molecule has 0 unspecified atom stereocenters. The van der Waals surface area contributed by atoms with Gasteiger partial charge in [0.2, 0.25) is 0 Å². The van der Waals surface area contributed by atoms with Crippen LogP contribution in [0.25, 0.3) is 11.1 Å². The number of rotatable bonds is 19. The van der Waals surface area contributed by atoms with Crippen molar-refractivity contribution in [2.75, 3.05) is 11.9 Å². The van der Waals surface area contributed by atoms with Gasteiger partial charge in [0.05, 0.1) is 23.8 Å². The molecule has 0 heterocycles. The van der Waals surface area contributed by atoms with Crippen LogP contribution in [0.3, 0.4) is 0 Å². The zero-order valence-electron chi connectivity index (χ0n) is 44.8. The van der Waals surface area contributed by atoms with Gasteiger partial charge in [-0.15, -0.1) is 0 Å². The van der Waals surface area contributed by atoms with E-state index in [9.17, 15) is 14.4 Å². The van der Waals surface area contributed by atoms with Crippen molar-refractivity contribution < 1.29 is 23.9 Å². The number of ether oxygens (including phenoxy) is 2. The van der Waals surface area contributed by atoms with Crippen molar-refractivity contribution >= 4 is 40.7 Å². The molecule has 73 heavy (non-hydrogen) atoms. The van der Waals surface area contributed by atoms with Crippen molar-refractivity contribution in [2.45, 2.75) is 180 Å². The van der Waals surface area contributed by atoms with Crippen LogP contribution >= 0.6 is 11.8 Å². The molecule has 6 nitrogen and oxygen atoms in total. The maximum atomic E-state index is 14.5. The molecule has 0 aromatic heterocycles. The number of esters is 1. The van der Waals surface area contributed by atoms with Gasteiger partial charge in [0, 0.05) is 32.2 Å². The topological polar surface area (TPSA) is 81.7 Å². The van der Waals surface area contributed by atoms with Gasteiger partial charge in [0.15, 0.2) is 11.6 Å². The highest BCUT2D eigenvalue weighted by Crippen LogP contribution is 2.45. The molecule has 7 heteroatoms. The molecule has 0 radical (unpaired) electrons. The van der Waals surface area contributed by atoms with Gasteiger partial charge >= 0.3 is 5.97 Å². The van der Waals surface area contributed by atoms with Crippen molar-refractivity contribution in [1.29, 1.82) is 0 Å². The Kier molecular flexibility index (Phi) is 17.7. The Balaban J connectivity index is 0.850. The first kappa shape index (κ1) is 52.7. The van der Waals surface area contributed by atoms with E-state index >= 15 is 0 Å². The zero-order valence-corrected chi connectivity index (χ0v) is 45.7. The highest BCUT2D eigenvalue weighted by molar-refractivity contribution is 7.99. The molecule has 4 aliphatic carbocycles. The molecule has 0 aliphatic heterocycles. The molecule has 1 N–H and O–H groups in total. The van der Waals surface area contributed by atoms with Crippen molar-refractivity contribution in [3.63, 3.8) is 0 Å². The number of unbranched alkanes of at least 4 members (excludes halogenated alkanes) is 4. The van der Waals surface area contributed by atoms with Crippen molar-refractivity contribution in [2.24, 2.45) is 35.5 Å². The van der Waals surface area contributed by atoms with Crippen LogP contribution in [-0.4, -0.2) is 24.1 Å². The van der Waals surface area contributed by atoms with E-state index in [-0.39, 0.29) is 23.5 Å². The first-order valence-corrected chi connectivity index (χ1v) is 29.3. The number of aryl methyl sites for hydroxylation is 4. The van der Waals surface area contributed by atoms with Gasteiger partial charge in [0.1, 0.15) is 11.5 Å².